The molecular weight excluding hydrogens is 618 g/mol. The van der Waals surface area contributed by atoms with E-state index in [-0.39, 0.29) is 47.8 Å². The van der Waals surface area contributed by atoms with E-state index in [1.165, 1.54) is 16.4 Å². The number of halogens is 4. The van der Waals surface area contributed by atoms with E-state index in [0.717, 1.165) is 50.0 Å². The summed E-state index contributed by atoms with van der Waals surface area (Å²) in [7, 11) is -2.64. The maximum Gasteiger partial charge on any atom is 0.421 e. The second-order valence-corrected chi connectivity index (χ2v) is 12.7. The standard InChI is InChI=1S/C30H33F4N5O5S/c1-17-13-36-14-23(39(17)45(3,42)43)8-9-24-25(34)15-37-16-26(24)38(30(41)44-2)29(40)28(35)27(18-4-6-20(31)7-5-18)19-10-21(32)12-22(33)11-19/h4-7,10-12,15-17,23,27-28,36H,8-9,13-14,35H2,1-3H3/t17-,23-,27-,28-/m0/s1. The summed E-state index contributed by atoms with van der Waals surface area (Å²) in [5.74, 6) is -5.86. The Morgan fingerprint density at radius 3 is 2.29 bits per heavy atom. The van der Waals surface area contributed by atoms with Gasteiger partial charge in [-0.2, -0.15) is 4.31 Å². The second-order valence-electron chi connectivity index (χ2n) is 10.8. The van der Waals surface area contributed by atoms with Gasteiger partial charge in [-0.05, 0) is 55.2 Å². The fourth-order valence-electron chi connectivity index (χ4n) is 5.75. The summed E-state index contributed by atoms with van der Waals surface area (Å²) in [5, 5.41) is 3.15. The summed E-state index contributed by atoms with van der Waals surface area (Å²) >= 11 is 0. The number of hydrogen-bond donors (Lipinski definition) is 2. The number of methoxy groups -OCH3 is 1. The van der Waals surface area contributed by atoms with Gasteiger partial charge in [0.2, 0.25) is 10.0 Å². The lowest BCUT2D eigenvalue weighted by molar-refractivity contribution is -0.119. The Kier molecular flexibility index (Phi) is 10.6. The highest BCUT2D eigenvalue weighted by Gasteiger charge is 2.38. The number of carbonyl (C=O) groups excluding carboxylic acids is 2. The molecule has 15 heteroatoms. The van der Waals surface area contributed by atoms with E-state index < -0.39 is 63.3 Å². The van der Waals surface area contributed by atoms with E-state index in [9.17, 15) is 31.2 Å². The molecular formula is C30H33F4N5O5S. The van der Waals surface area contributed by atoms with Crippen molar-refractivity contribution in [3.63, 3.8) is 0 Å². The van der Waals surface area contributed by atoms with Crippen LogP contribution in [-0.2, 0) is 26.0 Å². The maximum absolute atomic E-state index is 15.4. The molecule has 0 spiro atoms. The minimum absolute atomic E-state index is 0.0813. The Labute approximate surface area is 258 Å². The Bertz CT molecular complexity index is 1640. The molecule has 1 aliphatic heterocycles. The van der Waals surface area contributed by atoms with Crippen LogP contribution in [0.4, 0.5) is 28.0 Å². The fraction of sp³-hybridized carbons (Fsp3) is 0.367. The summed E-state index contributed by atoms with van der Waals surface area (Å²) in [5.41, 5.74) is 6.09. The quantitative estimate of drug-likeness (QED) is 0.336. The molecule has 45 heavy (non-hydrogen) atoms. The van der Waals surface area contributed by atoms with Gasteiger partial charge in [-0.15, -0.1) is 0 Å². The molecule has 4 atom stereocenters. The van der Waals surface area contributed by atoms with Crippen LogP contribution in [0.1, 0.15) is 36.0 Å². The molecule has 242 valence electrons. The Balaban J connectivity index is 1.75. The SMILES string of the molecule is COC(=O)N(C(=O)[C@@H](N)[C@@H](c1ccc(F)cc1)c1cc(F)cc(F)c1)c1cncc(F)c1CC[C@H]1CNC[C@H](C)N1S(C)(=O)=O. The number of amides is 2. The van der Waals surface area contributed by atoms with Crippen LogP contribution in [0.5, 0.6) is 0 Å². The lowest BCUT2D eigenvalue weighted by Crippen LogP contribution is -2.58. The van der Waals surface area contributed by atoms with Crippen molar-refractivity contribution in [2.24, 2.45) is 5.73 Å². The number of hydrogen-bond acceptors (Lipinski definition) is 8. The number of rotatable bonds is 9. The zero-order valence-corrected chi connectivity index (χ0v) is 25.5. The number of imide groups is 1. The third-order valence-electron chi connectivity index (χ3n) is 7.64. The number of nitrogens with one attached hydrogen (secondary N) is 1. The molecule has 1 aromatic heterocycles. The van der Waals surface area contributed by atoms with Gasteiger partial charge in [0.15, 0.2) is 0 Å². The van der Waals surface area contributed by atoms with E-state index in [2.05, 4.69) is 10.3 Å². The number of nitrogens with two attached hydrogens (primary N) is 1. The Morgan fingerprint density at radius 1 is 1.04 bits per heavy atom. The zero-order valence-electron chi connectivity index (χ0n) is 24.7. The first kappa shape index (κ1) is 34.0. The predicted molar refractivity (Wildman–Crippen MR) is 158 cm³/mol. The van der Waals surface area contributed by atoms with Crippen molar-refractivity contribution in [1.82, 2.24) is 14.6 Å². The van der Waals surface area contributed by atoms with Crippen molar-refractivity contribution in [3.8, 4) is 0 Å². The van der Waals surface area contributed by atoms with Crippen molar-refractivity contribution < 1.29 is 40.3 Å². The molecule has 2 amide bonds. The van der Waals surface area contributed by atoms with Gasteiger partial charge >= 0.3 is 6.09 Å². The predicted octanol–water partition coefficient (Wildman–Crippen LogP) is 3.45. The molecule has 1 saturated heterocycles. The summed E-state index contributed by atoms with van der Waals surface area (Å²) in [6.07, 6.45) is 1.76. The molecule has 3 N–H and O–H groups in total. The van der Waals surface area contributed by atoms with Gasteiger partial charge in [-0.3, -0.25) is 9.78 Å². The number of pyridine rings is 1. The first-order chi connectivity index (χ1) is 21.2. The number of piperazine rings is 1. The van der Waals surface area contributed by atoms with Crippen molar-refractivity contribution >= 4 is 27.7 Å². The van der Waals surface area contributed by atoms with Crippen LogP contribution >= 0.6 is 0 Å². The molecule has 1 aliphatic rings. The van der Waals surface area contributed by atoms with Crippen LogP contribution in [-0.4, -0.2) is 74.3 Å². The smallest absolute Gasteiger partial charge is 0.421 e. The van der Waals surface area contributed by atoms with Crippen LogP contribution in [0.3, 0.4) is 0 Å². The van der Waals surface area contributed by atoms with E-state index in [4.69, 9.17) is 10.5 Å². The zero-order chi connectivity index (χ0) is 33.1. The van der Waals surface area contributed by atoms with Crippen LogP contribution in [0.15, 0.2) is 54.9 Å². The van der Waals surface area contributed by atoms with Gasteiger partial charge in [0.1, 0.15) is 23.3 Å². The third kappa shape index (κ3) is 7.66. The first-order valence-corrected chi connectivity index (χ1v) is 15.8. The molecule has 0 aliphatic carbocycles. The number of nitrogens with zero attached hydrogens (tertiary/aromatic N) is 3. The van der Waals surface area contributed by atoms with Crippen LogP contribution in [0.25, 0.3) is 0 Å². The molecule has 0 bridgehead atoms. The second kappa shape index (κ2) is 14.0. The van der Waals surface area contributed by atoms with Crippen molar-refractivity contribution in [2.45, 2.75) is 43.8 Å². The van der Waals surface area contributed by atoms with Crippen LogP contribution < -0.4 is 16.0 Å². The molecule has 0 unspecified atom stereocenters. The first-order valence-electron chi connectivity index (χ1n) is 13.9. The molecule has 2 heterocycles. The largest absolute Gasteiger partial charge is 0.452 e. The van der Waals surface area contributed by atoms with Gasteiger partial charge in [0.05, 0.1) is 37.5 Å². The van der Waals surface area contributed by atoms with Gasteiger partial charge < -0.3 is 15.8 Å². The molecule has 3 aromatic rings. The third-order valence-corrected chi connectivity index (χ3v) is 9.07. The lowest BCUT2D eigenvalue weighted by atomic mass is 9.84. The molecule has 0 saturated carbocycles. The lowest BCUT2D eigenvalue weighted by Gasteiger charge is -2.39. The Hall–Kier alpha value is -3.92. The minimum atomic E-state index is -3.62. The summed E-state index contributed by atoms with van der Waals surface area (Å²) in [6.45, 7) is 2.44. The monoisotopic (exact) mass is 651 g/mol. The van der Waals surface area contributed by atoms with Gasteiger partial charge in [-0.1, -0.05) is 12.1 Å². The number of ether oxygens (including phenoxy) is 1. The van der Waals surface area contributed by atoms with Crippen molar-refractivity contribution in [2.75, 3.05) is 31.4 Å². The van der Waals surface area contributed by atoms with E-state index in [1.807, 2.05) is 0 Å². The minimum Gasteiger partial charge on any atom is -0.452 e. The topological polar surface area (TPSA) is 135 Å². The normalized spacial score (nSPS) is 18.7. The molecule has 4 rings (SSSR count). The van der Waals surface area contributed by atoms with Crippen molar-refractivity contribution in [1.29, 1.82) is 0 Å². The van der Waals surface area contributed by atoms with E-state index in [0.29, 0.717) is 17.5 Å². The van der Waals surface area contributed by atoms with Gasteiger partial charge in [0, 0.05) is 42.7 Å². The summed E-state index contributed by atoms with van der Waals surface area (Å²) < 4.78 is 89.0. The van der Waals surface area contributed by atoms with E-state index >= 15 is 4.39 Å². The number of carbonyl (C=O) groups is 2. The van der Waals surface area contributed by atoms with Crippen molar-refractivity contribution in [3.05, 3.63) is 94.8 Å². The molecule has 0 radical (unpaired) electrons. The number of benzene rings is 2. The van der Waals surface area contributed by atoms with Gasteiger partial charge in [0.25, 0.3) is 5.91 Å². The number of aromatic nitrogens is 1. The van der Waals surface area contributed by atoms with Gasteiger partial charge in [-0.25, -0.2) is 35.7 Å². The fourth-order valence-corrected chi connectivity index (χ4v) is 7.20. The van der Waals surface area contributed by atoms with E-state index in [1.54, 1.807) is 6.92 Å². The summed E-state index contributed by atoms with van der Waals surface area (Å²) in [6, 6.07) is 4.56. The van der Waals surface area contributed by atoms with Crippen LogP contribution in [0, 0.1) is 23.3 Å². The Morgan fingerprint density at radius 2 is 1.69 bits per heavy atom. The molecule has 10 nitrogen and oxygen atoms in total. The number of sulfonamides is 1. The average Bonchev–Trinajstić information content (AvgIpc) is 2.96. The highest BCUT2D eigenvalue weighted by atomic mass is 32.2. The summed E-state index contributed by atoms with van der Waals surface area (Å²) in [4.78, 5) is 31.5. The van der Waals surface area contributed by atoms with Crippen LogP contribution in [0.2, 0.25) is 0 Å². The number of anilines is 1. The average molecular weight is 652 g/mol. The molecule has 2 aromatic carbocycles. The molecule has 1 fully saturated rings. The highest BCUT2D eigenvalue weighted by Crippen LogP contribution is 2.33. The highest BCUT2D eigenvalue weighted by molar-refractivity contribution is 7.88. The maximum atomic E-state index is 15.4.